The molecule has 0 spiro atoms. The predicted octanol–water partition coefficient (Wildman–Crippen LogP) is 4.37. The molecule has 0 fully saturated rings. The molecule has 168 valence electrons. The molecule has 0 saturated carbocycles. The third-order valence-electron chi connectivity index (χ3n) is 5.95. The quantitative estimate of drug-likeness (QED) is 0.390. The molecule has 5 heteroatoms. The lowest BCUT2D eigenvalue weighted by atomic mass is 10.2. The molecular formula is C28H30N2O2Si. The van der Waals surface area contributed by atoms with Crippen molar-refractivity contribution in [2.24, 2.45) is 0 Å². The molecule has 1 aromatic heterocycles. The van der Waals surface area contributed by atoms with E-state index in [1.807, 2.05) is 42.5 Å². The molecule has 1 heterocycles. The van der Waals surface area contributed by atoms with Crippen LogP contribution in [0.5, 0.6) is 0 Å². The lowest BCUT2D eigenvalue weighted by molar-refractivity contribution is 0.278. The maximum absolute atomic E-state index is 12.4. The van der Waals surface area contributed by atoms with E-state index in [0.29, 0.717) is 13.2 Å². The number of nitrogens with zero attached hydrogens (tertiary/aromatic N) is 2. The van der Waals surface area contributed by atoms with Crippen LogP contribution in [0.15, 0.2) is 108 Å². The molecule has 4 aromatic rings. The van der Waals surface area contributed by atoms with Crippen LogP contribution in [0.1, 0.15) is 32.0 Å². The zero-order valence-electron chi connectivity index (χ0n) is 19.4. The molecule has 4 nitrogen and oxygen atoms in total. The third kappa shape index (κ3) is 4.89. The molecule has 0 saturated heterocycles. The fourth-order valence-corrected chi connectivity index (χ4v) is 8.90. The van der Waals surface area contributed by atoms with Crippen molar-refractivity contribution in [3.8, 4) is 0 Å². The van der Waals surface area contributed by atoms with Gasteiger partial charge in [0, 0.05) is 6.07 Å². The lowest BCUT2D eigenvalue weighted by Gasteiger charge is -2.43. The summed E-state index contributed by atoms with van der Waals surface area (Å²) >= 11 is 0. The topological polar surface area (TPSA) is 44.1 Å². The highest BCUT2D eigenvalue weighted by atomic mass is 28.4. The number of hydrogen-bond acceptors (Lipinski definition) is 3. The van der Waals surface area contributed by atoms with E-state index in [1.165, 1.54) is 15.1 Å². The Bertz CT molecular complexity index is 1190. The number of rotatable bonds is 7. The highest BCUT2D eigenvalue weighted by Gasteiger charge is 2.50. The lowest BCUT2D eigenvalue weighted by Crippen LogP contribution is -2.66. The van der Waals surface area contributed by atoms with E-state index < -0.39 is 8.32 Å². The average molecular weight is 455 g/mol. The molecule has 0 amide bonds. The predicted molar refractivity (Wildman–Crippen MR) is 136 cm³/mol. The Hall–Kier alpha value is -3.28. The minimum atomic E-state index is -2.66. The Labute approximate surface area is 196 Å². The van der Waals surface area contributed by atoms with E-state index >= 15 is 0 Å². The summed E-state index contributed by atoms with van der Waals surface area (Å²) < 4.78 is 8.47. The zero-order chi connectivity index (χ0) is 23.3. The smallest absolute Gasteiger partial charge is 0.267 e. The van der Waals surface area contributed by atoms with Gasteiger partial charge in [0.2, 0.25) is 0 Å². The van der Waals surface area contributed by atoms with Crippen molar-refractivity contribution in [3.05, 3.63) is 125 Å². The van der Waals surface area contributed by atoms with Crippen LogP contribution in [0.25, 0.3) is 0 Å². The van der Waals surface area contributed by atoms with Gasteiger partial charge < -0.3 is 4.43 Å². The number of aromatic nitrogens is 2. The zero-order valence-corrected chi connectivity index (χ0v) is 20.4. The van der Waals surface area contributed by atoms with E-state index in [-0.39, 0.29) is 10.6 Å². The first-order valence-corrected chi connectivity index (χ1v) is 13.2. The van der Waals surface area contributed by atoms with Gasteiger partial charge in [-0.15, -0.1) is 0 Å². The summed E-state index contributed by atoms with van der Waals surface area (Å²) in [6, 6.07) is 34.3. The fourth-order valence-electron chi connectivity index (χ4n) is 4.38. The van der Waals surface area contributed by atoms with E-state index in [2.05, 4.69) is 74.4 Å². The van der Waals surface area contributed by atoms with Crippen molar-refractivity contribution in [2.75, 3.05) is 0 Å². The van der Waals surface area contributed by atoms with Crippen molar-refractivity contribution in [3.63, 3.8) is 0 Å². The summed E-state index contributed by atoms with van der Waals surface area (Å²) in [4.78, 5) is 12.4. The molecule has 0 atom stereocenters. The standard InChI is InChI=1S/C28H30N2O2Si/c1-28(2,3)33(25-15-9-5-10-16-25,26-17-11-6-12-18-26)32-22-24-19-20-27(31)30(29-24)21-23-13-7-4-8-14-23/h4-20H,21-22H2,1-3H3. The van der Waals surface area contributed by atoms with Crippen LogP contribution in [0, 0.1) is 0 Å². The first kappa shape index (κ1) is 22.9. The molecule has 0 radical (unpaired) electrons. The van der Waals surface area contributed by atoms with Gasteiger partial charge in [-0.25, -0.2) is 4.68 Å². The van der Waals surface area contributed by atoms with Crippen molar-refractivity contribution in [1.82, 2.24) is 9.78 Å². The number of benzene rings is 3. The summed E-state index contributed by atoms with van der Waals surface area (Å²) in [6.45, 7) is 7.53. The van der Waals surface area contributed by atoms with Crippen LogP contribution in [-0.2, 0) is 17.6 Å². The van der Waals surface area contributed by atoms with Gasteiger partial charge in [0.15, 0.2) is 0 Å². The van der Waals surface area contributed by atoms with Crippen LogP contribution in [0.2, 0.25) is 5.04 Å². The molecule has 0 aliphatic rings. The third-order valence-corrected chi connectivity index (χ3v) is 10.9. The van der Waals surface area contributed by atoms with Gasteiger partial charge in [-0.2, -0.15) is 5.10 Å². The molecule has 0 aliphatic heterocycles. The first-order valence-electron chi connectivity index (χ1n) is 11.3. The summed E-state index contributed by atoms with van der Waals surface area (Å²) in [6.07, 6.45) is 0. The SMILES string of the molecule is CC(C)(C)[Si](OCc1ccc(=O)n(Cc2ccccc2)n1)(c1ccccc1)c1ccccc1. The van der Waals surface area contributed by atoms with Crippen LogP contribution >= 0.6 is 0 Å². The van der Waals surface area contributed by atoms with Crippen molar-refractivity contribution < 1.29 is 4.43 Å². The second-order valence-electron chi connectivity index (χ2n) is 9.26. The Balaban J connectivity index is 1.71. The highest BCUT2D eigenvalue weighted by Crippen LogP contribution is 2.37. The molecule has 3 aromatic carbocycles. The minimum absolute atomic E-state index is 0.117. The second kappa shape index (κ2) is 9.69. The van der Waals surface area contributed by atoms with Gasteiger partial charge in [-0.05, 0) is 27.0 Å². The average Bonchev–Trinajstić information content (AvgIpc) is 2.83. The molecule has 33 heavy (non-hydrogen) atoms. The Morgan fingerprint density at radius 2 is 1.27 bits per heavy atom. The van der Waals surface area contributed by atoms with Gasteiger partial charge in [0.25, 0.3) is 13.9 Å². The molecule has 4 rings (SSSR count). The van der Waals surface area contributed by atoms with Crippen molar-refractivity contribution >= 4 is 18.7 Å². The summed E-state index contributed by atoms with van der Waals surface area (Å²) in [5.74, 6) is 0. The van der Waals surface area contributed by atoms with E-state index in [4.69, 9.17) is 4.43 Å². The van der Waals surface area contributed by atoms with Crippen molar-refractivity contribution in [1.29, 1.82) is 0 Å². The molecule has 0 unspecified atom stereocenters. The van der Waals surface area contributed by atoms with Gasteiger partial charge >= 0.3 is 0 Å². The molecule has 0 bridgehead atoms. The maximum Gasteiger partial charge on any atom is 0.267 e. The van der Waals surface area contributed by atoms with Crippen LogP contribution < -0.4 is 15.9 Å². The minimum Gasteiger partial charge on any atom is -0.401 e. The van der Waals surface area contributed by atoms with Gasteiger partial charge in [-0.1, -0.05) is 112 Å². The Morgan fingerprint density at radius 3 is 1.79 bits per heavy atom. The largest absolute Gasteiger partial charge is 0.401 e. The van der Waals surface area contributed by atoms with E-state index in [1.54, 1.807) is 12.1 Å². The maximum atomic E-state index is 12.4. The molecular weight excluding hydrogens is 424 g/mol. The second-order valence-corrected chi connectivity index (χ2v) is 13.6. The van der Waals surface area contributed by atoms with Crippen LogP contribution in [-0.4, -0.2) is 18.1 Å². The van der Waals surface area contributed by atoms with Gasteiger partial charge in [0.05, 0.1) is 18.8 Å². The summed E-state index contributed by atoms with van der Waals surface area (Å²) in [5.41, 5.74) is 1.67. The summed E-state index contributed by atoms with van der Waals surface area (Å²) in [5, 5.41) is 6.97. The highest BCUT2D eigenvalue weighted by molar-refractivity contribution is 6.99. The Morgan fingerprint density at radius 1 is 0.758 bits per heavy atom. The number of hydrogen-bond donors (Lipinski definition) is 0. The Kier molecular flexibility index (Phi) is 6.72. The van der Waals surface area contributed by atoms with Crippen LogP contribution in [0.4, 0.5) is 0 Å². The van der Waals surface area contributed by atoms with Gasteiger partial charge in [0.1, 0.15) is 0 Å². The van der Waals surface area contributed by atoms with E-state index in [0.717, 1.165) is 11.3 Å². The monoisotopic (exact) mass is 454 g/mol. The molecule has 0 N–H and O–H groups in total. The van der Waals surface area contributed by atoms with Crippen molar-refractivity contribution in [2.45, 2.75) is 39.0 Å². The van der Waals surface area contributed by atoms with Gasteiger partial charge in [-0.3, -0.25) is 4.79 Å². The van der Waals surface area contributed by atoms with E-state index in [9.17, 15) is 4.79 Å². The fraction of sp³-hybridized carbons (Fsp3) is 0.214. The van der Waals surface area contributed by atoms with Crippen LogP contribution in [0.3, 0.4) is 0 Å². The normalized spacial score (nSPS) is 12.0. The summed E-state index contributed by atoms with van der Waals surface area (Å²) in [7, 11) is -2.66. The first-order chi connectivity index (χ1) is 15.9. The molecule has 0 aliphatic carbocycles.